The van der Waals surface area contributed by atoms with E-state index < -0.39 is 0 Å². The average molecular weight is 179 g/mol. The van der Waals surface area contributed by atoms with E-state index in [1.807, 2.05) is 19.1 Å². The van der Waals surface area contributed by atoms with E-state index >= 15 is 0 Å². The molecular formula is C7H9N5O. The third-order valence-corrected chi connectivity index (χ3v) is 1.66. The molecule has 0 aliphatic rings. The maximum Gasteiger partial charge on any atom is 0.240 e. The van der Waals surface area contributed by atoms with Crippen LogP contribution in [0.25, 0.3) is 0 Å². The summed E-state index contributed by atoms with van der Waals surface area (Å²) in [7, 11) is 0. The van der Waals surface area contributed by atoms with E-state index in [0.29, 0.717) is 6.54 Å². The maximum absolute atomic E-state index is 5.48. The number of furan rings is 1. The van der Waals surface area contributed by atoms with E-state index in [-0.39, 0.29) is 5.95 Å². The molecule has 2 heterocycles. The summed E-state index contributed by atoms with van der Waals surface area (Å²) >= 11 is 0. The Balaban J connectivity index is 2.19. The van der Waals surface area contributed by atoms with E-state index in [9.17, 15) is 0 Å². The largest absolute Gasteiger partial charge is 0.464 e. The fraction of sp³-hybridized carbons (Fsp3) is 0.286. The van der Waals surface area contributed by atoms with Gasteiger partial charge in [0.25, 0.3) is 0 Å². The first-order valence-corrected chi connectivity index (χ1v) is 3.82. The van der Waals surface area contributed by atoms with Crippen LogP contribution in [0.1, 0.15) is 11.5 Å². The van der Waals surface area contributed by atoms with Crippen LogP contribution in [-0.4, -0.2) is 20.2 Å². The molecule has 0 saturated carbocycles. The Morgan fingerprint density at radius 2 is 2.38 bits per heavy atom. The zero-order valence-electron chi connectivity index (χ0n) is 7.14. The normalized spacial score (nSPS) is 10.5. The van der Waals surface area contributed by atoms with Crippen molar-refractivity contribution in [2.45, 2.75) is 13.5 Å². The van der Waals surface area contributed by atoms with Crippen LogP contribution in [0.4, 0.5) is 5.95 Å². The zero-order valence-corrected chi connectivity index (χ0v) is 7.14. The van der Waals surface area contributed by atoms with Gasteiger partial charge in [-0.25, -0.2) is 4.68 Å². The van der Waals surface area contributed by atoms with Crippen LogP contribution in [0.2, 0.25) is 0 Å². The number of nitrogens with two attached hydrogens (primary N) is 1. The summed E-state index contributed by atoms with van der Waals surface area (Å²) < 4.78 is 6.81. The molecule has 0 atom stereocenters. The molecule has 6 heteroatoms. The molecule has 68 valence electrons. The number of hydrogen-bond acceptors (Lipinski definition) is 5. The second-order valence-electron chi connectivity index (χ2n) is 2.71. The minimum absolute atomic E-state index is 0.286. The molecule has 0 spiro atoms. The lowest BCUT2D eigenvalue weighted by Gasteiger charge is -1.96. The number of rotatable bonds is 2. The highest BCUT2D eigenvalue weighted by Crippen LogP contribution is 2.08. The van der Waals surface area contributed by atoms with Gasteiger partial charge in [-0.05, 0) is 29.5 Å². The number of aromatic nitrogens is 4. The van der Waals surface area contributed by atoms with Crippen molar-refractivity contribution in [3.05, 3.63) is 23.7 Å². The van der Waals surface area contributed by atoms with E-state index in [1.54, 1.807) is 0 Å². The van der Waals surface area contributed by atoms with Crippen molar-refractivity contribution in [3.8, 4) is 0 Å². The number of aryl methyl sites for hydroxylation is 1. The highest BCUT2D eigenvalue weighted by Gasteiger charge is 2.04. The Labute approximate surface area is 74.3 Å². The van der Waals surface area contributed by atoms with Crippen molar-refractivity contribution in [3.63, 3.8) is 0 Å². The molecule has 0 fully saturated rings. The summed E-state index contributed by atoms with van der Waals surface area (Å²) in [5.74, 6) is 1.94. The molecule has 2 aromatic rings. The highest BCUT2D eigenvalue weighted by atomic mass is 16.3. The lowest BCUT2D eigenvalue weighted by Crippen LogP contribution is -2.05. The van der Waals surface area contributed by atoms with Gasteiger partial charge in [-0.1, -0.05) is 5.10 Å². The molecular weight excluding hydrogens is 170 g/mol. The Morgan fingerprint density at radius 1 is 1.54 bits per heavy atom. The molecule has 0 saturated heterocycles. The fourth-order valence-corrected chi connectivity index (χ4v) is 1.04. The van der Waals surface area contributed by atoms with Crippen LogP contribution in [0.3, 0.4) is 0 Å². The molecule has 0 aromatic carbocycles. The second kappa shape index (κ2) is 2.89. The quantitative estimate of drug-likeness (QED) is 0.712. The number of hydrogen-bond donors (Lipinski definition) is 1. The predicted molar refractivity (Wildman–Crippen MR) is 44.8 cm³/mol. The number of nitrogens with zero attached hydrogens (tertiary/aromatic N) is 4. The highest BCUT2D eigenvalue weighted by molar-refractivity contribution is 5.13. The smallest absolute Gasteiger partial charge is 0.240 e. The van der Waals surface area contributed by atoms with Gasteiger partial charge in [0.05, 0.1) is 0 Å². The maximum atomic E-state index is 5.48. The molecule has 0 radical (unpaired) electrons. The third-order valence-electron chi connectivity index (χ3n) is 1.66. The average Bonchev–Trinajstić information content (AvgIpc) is 2.64. The molecule has 0 amide bonds. The minimum Gasteiger partial charge on any atom is -0.464 e. The van der Waals surface area contributed by atoms with Crippen molar-refractivity contribution < 1.29 is 4.42 Å². The molecule has 0 aliphatic carbocycles. The molecule has 0 bridgehead atoms. The molecule has 2 rings (SSSR count). The number of tetrazole rings is 1. The molecule has 2 N–H and O–H groups in total. The summed E-state index contributed by atoms with van der Waals surface area (Å²) in [5, 5.41) is 10.7. The fourth-order valence-electron chi connectivity index (χ4n) is 1.04. The molecule has 0 unspecified atom stereocenters. The van der Waals surface area contributed by atoms with Crippen LogP contribution in [-0.2, 0) is 6.54 Å². The van der Waals surface area contributed by atoms with Crippen molar-refractivity contribution in [2.75, 3.05) is 5.73 Å². The molecule has 6 nitrogen and oxygen atoms in total. The summed E-state index contributed by atoms with van der Waals surface area (Å²) in [6.07, 6.45) is 0. The van der Waals surface area contributed by atoms with Gasteiger partial charge in [-0.3, -0.25) is 0 Å². The van der Waals surface area contributed by atoms with E-state index in [2.05, 4.69) is 15.5 Å². The van der Waals surface area contributed by atoms with Crippen LogP contribution in [0, 0.1) is 6.92 Å². The Bertz CT molecular complexity index is 404. The number of nitrogen functional groups attached to an aromatic ring is 1. The first-order valence-electron chi connectivity index (χ1n) is 3.82. The van der Waals surface area contributed by atoms with Crippen molar-refractivity contribution in [2.24, 2.45) is 0 Å². The second-order valence-corrected chi connectivity index (χ2v) is 2.71. The van der Waals surface area contributed by atoms with E-state index in [4.69, 9.17) is 10.2 Å². The van der Waals surface area contributed by atoms with Gasteiger partial charge in [0.2, 0.25) is 5.95 Å². The van der Waals surface area contributed by atoms with Crippen molar-refractivity contribution in [1.29, 1.82) is 0 Å². The predicted octanol–water partition coefficient (Wildman–Crippen LogP) is 0.205. The summed E-state index contributed by atoms with van der Waals surface area (Å²) in [5.41, 5.74) is 5.48. The lowest BCUT2D eigenvalue weighted by atomic mass is 10.4. The summed E-state index contributed by atoms with van der Waals surface area (Å²) in [6, 6.07) is 3.76. The van der Waals surface area contributed by atoms with Gasteiger partial charge in [-0.15, -0.1) is 0 Å². The van der Waals surface area contributed by atoms with Gasteiger partial charge in [-0.2, -0.15) is 0 Å². The van der Waals surface area contributed by atoms with Crippen LogP contribution < -0.4 is 5.73 Å². The monoisotopic (exact) mass is 179 g/mol. The molecule has 2 aromatic heterocycles. The summed E-state index contributed by atoms with van der Waals surface area (Å²) in [4.78, 5) is 0. The Hall–Kier alpha value is -1.85. The zero-order chi connectivity index (χ0) is 9.26. The minimum atomic E-state index is 0.286. The number of anilines is 1. The van der Waals surface area contributed by atoms with Crippen LogP contribution >= 0.6 is 0 Å². The third kappa shape index (κ3) is 1.51. The topological polar surface area (TPSA) is 82.8 Å². The first-order chi connectivity index (χ1) is 6.25. The summed E-state index contributed by atoms with van der Waals surface area (Å²) in [6.45, 7) is 2.35. The van der Waals surface area contributed by atoms with Gasteiger partial charge in [0.15, 0.2) is 0 Å². The Kier molecular flexibility index (Phi) is 1.73. The molecule has 0 aliphatic heterocycles. The van der Waals surface area contributed by atoms with Gasteiger partial charge in [0.1, 0.15) is 18.1 Å². The Morgan fingerprint density at radius 3 is 2.92 bits per heavy atom. The van der Waals surface area contributed by atoms with Gasteiger partial charge in [0, 0.05) is 0 Å². The van der Waals surface area contributed by atoms with Gasteiger partial charge >= 0.3 is 0 Å². The first kappa shape index (κ1) is 7.78. The van der Waals surface area contributed by atoms with Crippen LogP contribution in [0.15, 0.2) is 16.5 Å². The molecule has 13 heavy (non-hydrogen) atoms. The van der Waals surface area contributed by atoms with Crippen molar-refractivity contribution in [1.82, 2.24) is 20.2 Å². The van der Waals surface area contributed by atoms with E-state index in [0.717, 1.165) is 11.5 Å². The van der Waals surface area contributed by atoms with E-state index in [1.165, 1.54) is 4.68 Å². The lowest BCUT2D eigenvalue weighted by molar-refractivity contribution is 0.457. The van der Waals surface area contributed by atoms with Crippen LogP contribution in [0.5, 0.6) is 0 Å². The standard InChI is InChI=1S/C7H9N5O/c1-5-2-3-6(13-5)4-12-7(8)9-10-11-12/h2-3H,4H2,1H3,(H2,8,9,11). The SMILES string of the molecule is Cc1ccc(Cn2nnnc2N)o1. The van der Waals surface area contributed by atoms with Gasteiger partial charge < -0.3 is 10.2 Å². The van der Waals surface area contributed by atoms with Crippen molar-refractivity contribution >= 4 is 5.95 Å².